The molecule has 0 fully saturated rings. The number of hydrogen-bond acceptors (Lipinski definition) is 3. The van der Waals surface area contributed by atoms with Crippen molar-refractivity contribution in [3.63, 3.8) is 0 Å². The topological polar surface area (TPSA) is 49.6 Å². The van der Waals surface area contributed by atoms with Crippen LogP contribution in [0.15, 0.2) is 30.6 Å². The molecule has 1 unspecified atom stereocenters. The molecule has 4 nitrogen and oxygen atoms in total. The molecule has 0 aromatic carbocycles. The number of nitrogens with zero attached hydrogens (tertiary/aromatic N) is 2. The number of anilines is 1. The molecule has 1 atom stereocenters. The summed E-state index contributed by atoms with van der Waals surface area (Å²) in [5, 5.41) is 12.6. The molecule has 2 aromatic heterocycles. The van der Waals surface area contributed by atoms with Crippen LogP contribution in [-0.4, -0.2) is 27.1 Å². The molecule has 2 heterocycles. The largest absolute Gasteiger partial charge is 0.394 e. The Hall–Kier alpha value is -1.55. The summed E-state index contributed by atoms with van der Waals surface area (Å²) < 4.78 is 1.98. The summed E-state index contributed by atoms with van der Waals surface area (Å²) in [7, 11) is 0. The first kappa shape index (κ1) is 11.0. The summed E-state index contributed by atoms with van der Waals surface area (Å²) in [6.45, 7) is 4.30. The third kappa shape index (κ3) is 2.02. The Kier molecular flexibility index (Phi) is 3.10. The Morgan fingerprint density at radius 1 is 1.44 bits per heavy atom. The summed E-state index contributed by atoms with van der Waals surface area (Å²) in [6, 6.07) is 5.96. The maximum Gasteiger partial charge on any atom is 0.138 e. The number of hydrogen-bond donors (Lipinski definition) is 2. The standard InChI is InChI=1S/C12H17N3O/c1-9(2)10(8-16)14-12-5-3-4-11-13-6-7-15(11)12/h3-7,9-10,14,16H,8H2,1-2H3. The minimum Gasteiger partial charge on any atom is -0.394 e. The monoisotopic (exact) mass is 219 g/mol. The summed E-state index contributed by atoms with van der Waals surface area (Å²) in [5.41, 5.74) is 0.908. The predicted molar refractivity (Wildman–Crippen MR) is 64.5 cm³/mol. The summed E-state index contributed by atoms with van der Waals surface area (Å²) in [4.78, 5) is 4.22. The van der Waals surface area contributed by atoms with Crippen LogP contribution in [0.1, 0.15) is 13.8 Å². The minimum absolute atomic E-state index is 0.0630. The van der Waals surface area contributed by atoms with Gasteiger partial charge in [0.2, 0.25) is 0 Å². The molecule has 0 aliphatic heterocycles. The quantitative estimate of drug-likeness (QED) is 0.823. The highest BCUT2D eigenvalue weighted by Gasteiger charge is 2.12. The Morgan fingerprint density at radius 2 is 2.25 bits per heavy atom. The van der Waals surface area contributed by atoms with Crippen LogP contribution in [0, 0.1) is 5.92 Å². The molecule has 0 saturated carbocycles. The predicted octanol–water partition coefficient (Wildman–Crippen LogP) is 1.76. The number of nitrogens with one attached hydrogen (secondary N) is 1. The van der Waals surface area contributed by atoms with E-state index >= 15 is 0 Å². The van der Waals surface area contributed by atoms with Crippen LogP contribution in [0.4, 0.5) is 5.82 Å². The second-order valence-corrected chi connectivity index (χ2v) is 4.24. The Bertz CT molecular complexity index is 464. The zero-order valence-electron chi connectivity index (χ0n) is 9.59. The Morgan fingerprint density at radius 3 is 2.94 bits per heavy atom. The van der Waals surface area contributed by atoms with Gasteiger partial charge < -0.3 is 10.4 Å². The number of aliphatic hydroxyl groups excluding tert-OH is 1. The molecule has 0 aliphatic carbocycles. The van der Waals surface area contributed by atoms with Gasteiger partial charge in [-0.15, -0.1) is 0 Å². The van der Waals surface area contributed by atoms with Gasteiger partial charge in [-0.2, -0.15) is 0 Å². The fraction of sp³-hybridized carbons (Fsp3) is 0.417. The lowest BCUT2D eigenvalue weighted by Crippen LogP contribution is -2.30. The first-order chi connectivity index (χ1) is 7.72. The van der Waals surface area contributed by atoms with E-state index in [0.717, 1.165) is 11.5 Å². The smallest absolute Gasteiger partial charge is 0.138 e. The van der Waals surface area contributed by atoms with Crippen molar-refractivity contribution in [2.75, 3.05) is 11.9 Å². The summed E-state index contributed by atoms with van der Waals surface area (Å²) in [6.07, 6.45) is 3.68. The van der Waals surface area contributed by atoms with Gasteiger partial charge in [0.1, 0.15) is 11.5 Å². The normalized spacial score (nSPS) is 13.2. The van der Waals surface area contributed by atoms with Crippen LogP contribution < -0.4 is 5.32 Å². The summed E-state index contributed by atoms with van der Waals surface area (Å²) >= 11 is 0. The number of aromatic nitrogens is 2. The minimum atomic E-state index is 0.0630. The van der Waals surface area contributed by atoms with Gasteiger partial charge in [0.05, 0.1) is 12.6 Å². The molecule has 4 heteroatoms. The first-order valence-electron chi connectivity index (χ1n) is 5.52. The van der Waals surface area contributed by atoms with Crippen LogP contribution in [0.2, 0.25) is 0 Å². The number of pyridine rings is 1. The molecule has 0 radical (unpaired) electrons. The van der Waals surface area contributed by atoms with E-state index in [4.69, 9.17) is 0 Å². The van der Waals surface area contributed by atoms with E-state index in [-0.39, 0.29) is 12.6 Å². The van der Waals surface area contributed by atoms with Gasteiger partial charge in [-0.25, -0.2) is 4.98 Å². The molecular weight excluding hydrogens is 202 g/mol. The van der Waals surface area contributed by atoms with Crippen molar-refractivity contribution in [3.05, 3.63) is 30.6 Å². The average Bonchev–Trinajstić information content (AvgIpc) is 2.73. The SMILES string of the molecule is CC(C)C(CO)Nc1cccc2nccn12. The molecule has 2 aromatic rings. The van der Waals surface area contributed by atoms with Crippen molar-refractivity contribution in [2.24, 2.45) is 5.92 Å². The number of aliphatic hydroxyl groups is 1. The number of fused-ring (bicyclic) bond motifs is 1. The van der Waals surface area contributed by atoms with E-state index in [9.17, 15) is 5.11 Å². The van der Waals surface area contributed by atoms with Crippen LogP contribution in [0.3, 0.4) is 0 Å². The maximum absolute atomic E-state index is 9.29. The van der Waals surface area contributed by atoms with Crippen molar-refractivity contribution in [1.82, 2.24) is 9.38 Å². The summed E-state index contributed by atoms with van der Waals surface area (Å²) in [5.74, 6) is 1.34. The third-order valence-electron chi connectivity index (χ3n) is 2.76. The van der Waals surface area contributed by atoms with Crippen molar-refractivity contribution < 1.29 is 5.11 Å². The van der Waals surface area contributed by atoms with Gasteiger partial charge in [-0.05, 0) is 18.1 Å². The molecule has 0 spiro atoms. The van der Waals surface area contributed by atoms with Crippen LogP contribution >= 0.6 is 0 Å². The zero-order valence-corrected chi connectivity index (χ0v) is 9.59. The lowest BCUT2D eigenvalue weighted by molar-refractivity contribution is 0.249. The molecule has 0 saturated heterocycles. The Balaban J connectivity index is 2.29. The lowest BCUT2D eigenvalue weighted by atomic mass is 10.1. The average molecular weight is 219 g/mol. The molecule has 0 bridgehead atoms. The van der Waals surface area contributed by atoms with Crippen molar-refractivity contribution >= 4 is 11.5 Å². The van der Waals surface area contributed by atoms with Gasteiger partial charge in [0, 0.05) is 12.4 Å². The van der Waals surface area contributed by atoms with Crippen LogP contribution in [0.25, 0.3) is 5.65 Å². The second-order valence-electron chi connectivity index (χ2n) is 4.24. The first-order valence-corrected chi connectivity index (χ1v) is 5.52. The highest BCUT2D eigenvalue weighted by atomic mass is 16.3. The van der Waals surface area contributed by atoms with Gasteiger partial charge >= 0.3 is 0 Å². The van der Waals surface area contributed by atoms with Gasteiger partial charge in [0.25, 0.3) is 0 Å². The van der Waals surface area contributed by atoms with Gasteiger partial charge in [-0.3, -0.25) is 4.40 Å². The molecule has 2 N–H and O–H groups in total. The maximum atomic E-state index is 9.29. The van der Waals surface area contributed by atoms with E-state index in [1.54, 1.807) is 6.20 Å². The van der Waals surface area contributed by atoms with Crippen LogP contribution in [-0.2, 0) is 0 Å². The highest BCUT2D eigenvalue weighted by molar-refractivity contribution is 5.50. The fourth-order valence-electron chi connectivity index (χ4n) is 1.68. The van der Waals surface area contributed by atoms with E-state index in [2.05, 4.69) is 24.1 Å². The fourth-order valence-corrected chi connectivity index (χ4v) is 1.68. The molecule has 16 heavy (non-hydrogen) atoms. The van der Waals surface area contributed by atoms with Gasteiger partial charge in [-0.1, -0.05) is 19.9 Å². The molecule has 0 aliphatic rings. The molecular formula is C12H17N3O. The Labute approximate surface area is 94.9 Å². The lowest BCUT2D eigenvalue weighted by Gasteiger charge is -2.21. The van der Waals surface area contributed by atoms with Crippen LogP contribution in [0.5, 0.6) is 0 Å². The van der Waals surface area contributed by atoms with Crippen molar-refractivity contribution in [1.29, 1.82) is 0 Å². The number of imidazole rings is 1. The van der Waals surface area contributed by atoms with Crippen molar-refractivity contribution in [3.8, 4) is 0 Å². The molecule has 86 valence electrons. The number of rotatable bonds is 4. The third-order valence-corrected chi connectivity index (χ3v) is 2.76. The van der Waals surface area contributed by atoms with Crippen molar-refractivity contribution in [2.45, 2.75) is 19.9 Å². The van der Waals surface area contributed by atoms with Gasteiger partial charge in [0.15, 0.2) is 0 Å². The van der Waals surface area contributed by atoms with E-state index in [1.807, 2.05) is 28.8 Å². The van der Waals surface area contributed by atoms with E-state index in [1.165, 1.54) is 0 Å². The van der Waals surface area contributed by atoms with E-state index < -0.39 is 0 Å². The zero-order chi connectivity index (χ0) is 11.5. The molecule has 2 rings (SSSR count). The molecule has 0 amide bonds. The second kappa shape index (κ2) is 4.53. The van der Waals surface area contributed by atoms with E-state index in [0.29, 0.717) is 5.92 Å². The highest BCUT2D eigenvalue weighted by Crippen LogP contribution is 2.14.